The van der Waals surface area contributed by atoms with Crippen molar-refractivity contribution in [2.45, 2.75) is 103 Å². The first-order valence-electron chi connectivity index (χ1n) is 16.2. The van der Waals surface area contributed by atoms with Gasteiger partial charge in [-0.25, -0.2) is 18.6 Å². The number of amides is 1. The molecule has 2 aromatic rings. The summed E-state index contributed by atoms with van der Waals surface area (Å²) < 4.78 is 40.6. The van der Waals surface area contributed by atoms with E-state index in [1.165, 1.54) is 7.11 Å². The summed E-state index contributed by atoms with van der Waals surface area (Å²) >= 11 is 0. The number of esters is 1. The van der Waals surface area contributed by atoms with E-state index in [-0.39, 0.29) is 18.3 Å². The Morgan fingerprint density at radius 2 is 1.80 bits per heavy atom. The molecule has 0 bridgehead atoms. The SMILES string of the molecule is COC(=O)[C@@H]1[C@@H](C(C)(C)C)[C@H](NCc2cc(C(C)(C)C)ccc2OC)[C@H](c2cccnc2N(C)C)N1C(=O)[C@@H]1CCCC(F)(F)C1. The Bertz CT molecular complexity index is 1400. The molecular formula is C36H52F2N4O4. The molecule has 1 aromatic carbocycles. The Hall–Kier alpha value is -3.27. The zero-order chi connectivity index (χ0) is 34.2. The Morgan fingerprint density at radius 3 is 2.37 bits per heavy atom. The van der Waals surface area contributed by atoms with Gasteiger partial charge in [0.25, 0.3) is 0 Å². The number of anilines is 1. The molecule has 2 aliphatic rings. The molecule has 10 heteroatoms. The molecule has 1 aliphatic heterocycles. The molecule has 2 heterocycles. The van der Waals surface area contributed by atoms with E-state index >= 15 is 0 Å². The second kappa shape index (κ2) is 13.5. The molecule has 0 unspecified atom stereocenters. The lowest BCUT2D eigenvalue weighted by Crippen LogP contribution is -2.50. The highest BCUT2D eigenvalue weighted by atomic mass is 19.3. The first kappa shape index (κ1) is 35.6. The van der Waals surface area contributed by atoms with E-state index in [2.05, 4.69) is 43.2 Å². The average Bonchev–Trinajstić information content (AvgIpc) is 3.33. The second-order valence-electron chi connectivity index (χ2n) is 15.2. The summed E-state index contributed by atoms with van der Waals surface area (Å²) in [6, 6.07) is 7.71. The molecule has 254 valence electrons. The Morgan fingerprint density at radius 1 is 1.11 bits per heavy atom. The van der Waals surface area contributed by atoms with Gasteiger partial charge in [0.05, 0.1) is 20.3 Å². The van der Waals surface area contributed by atoms with Crippen molar-refractivity contribution in [1.29, 1.82) is 0 Å². The van der Waals surface area contributed by atoms with Crippen LogP contribution < -0.4 is 15.0 Å². The number of ether oxygens (including phenoxy) is 2. The highest BCUT2D eigenvalue weighted by Gasteiger charge is 2.60. The van der Waals surface area contributed by atoms with Gasteiger partial charge in [0, 0.05) is 68.7 Å². The molecule has 1 N–H and O–H groups in total. The lowest BCUT2D eigenvalue weighted by molar-refractivity contribution is -0.159. The molecule has 8 nitrogen and oxygen atoms in total. The van der Waals surface area contributed by atoms with Crippen LogP contribution >= 0.6 is 0 Å². The largest absolute Gasteiger partial charge is 0.496 e. The van der Waals surface area contributed by atoms with E-state index in [1.807, 2.05) is 58.0 Å². The number of carbonyl (C=O) groups is 2. The number of aromatic nitrogens is 1. The van der Waals surface area contributed by atoms with Crippen molar-refractivity contribution in [3.05, 3.63) is 53.2 Å². The predicted octanol–water partition coefficient (Wildman–Crippen LogP) is 6.52. The van der Waals surface area contributed by atoms with Crippen LogP contribution in [-0.4, -0.2) is 68.1 Å². The Kier molecular flexibility index (Phi) is 10.4. The number of benzene rings is 1. The number of rotatable bonds is 8. The molecule has 1 saturated carbocycles. The van der Waals surface area contributed by atoms with Crippen LogP contribution in [0.4, 0.5) is 14.6 Å². The number of nitrogens with zero attached hydrogens (tertiary/aromatic N) is 3. The lowest BCUT2D eigenvalue weighted by atomic mass is 9.72. The van der Waals surface area contributed by atoms with Gasteiger partial charge in [-0.2, -0.15) is 0 Å². The van der Waals surface area contributed by atoms with Crippen molar-refractivity contribution in [2.24, 2.45) is 17.3 Å². The smallest absolute Gasteiger partial charge is 0.328 e. The summed E-state index contributed by atoms with van der Waals surface area (Å²) in [5.74, 6) is -3.94. The van der Waals surface area contributed by atoms with Crippen molar-refractivity contribution < 1.29 is 27.8 Å². The number of alkyl halides is 2. The van der Waals surface area contributed by atoms with Crippen molar-refractivity contribution in [3.8, 4) is 5.75 Å². The molecule has 1 aliphatic carbocycles. The zero-order valence-electron chi connectivity index (χ0n) is 29.1. The summed E-state index contributed by atoms with van der Waals surface area (Å²) in [6.07, 6.45) is 1.50. The molecule has 0 radical (unpaired) electrons. The molecule has 5 atom stereocenters. The van der Waals surface area contributed by atoms with Crippen molar-refractivity contribution in [3.63, 3.8) is 0 Å². The first-order chi connectivity index (χ1) is 21.4. The van der Waals surface area contributed by atoms with Gasteiger partial charge in [-0.1, -0.05) is 59.7 Å². The number of nitrogens with one attached hydrogen (secondary N) is 1. The third-order valence-electron chi connectivity index (χ3n) is 9.59. The zero-order valence-corrected chi connectivity index (χ0v) is 29.1. The van der Waals surface area contributed by atoms with Gasteiger partial charge in [0.15, 0.2) is 0 Å². The van der Waals surface area contributed by atoms with Crippen LogP contribution in [0.3, 0.4) is 0 Å². The maximum atomic E-state index is 14.7. The second-order valence-corrected chi connectivity index (χ2v) is 15.2. The quantitative estimate of drug-likeness (QED) is 0.328. The van der Waals surface area contributed by atoms with E-state index in [9.17, 15) is 18.4 Å². The fraction of sp³-hybridized carbons (Fsp3) is 0.639. The highest BCUT2D eigenvalue weighted by Crippen LogP contribution is 2.51. The number of carbonyl (C=O) groups excluding carboxylic acids is 2. The van der Waals surface area contributed by atoms with E-state index in [0.717, 1.165) is 22.4 Å². The lowest BCUT2D eigenvalue weighted by Gasteiger charge is -2.37. The number of hydrogen-bond acceptors (Lipinski definition) is 7. The van der Waals surface area contributed by atoms with Crippen molar-refractivity contribution >= 4 is 17.7 Å². The standard InChI is InChI=1S/C36H52F2N4O4/c1-34(2,3)24-15-16-26(45-9)23(19-24)21-40-28-27(35(4,5)6)30(33(44)46-10)42(32(43)22-13-11-17-36(37,38)20-22)29(28)25-14-12-18-39-31(25)41(7)8/h12,14-16,18-19,22,27-30,40H,11,13,17,20-21H2,1-10H3/t22-,27+,28+,29+,30+/m1/s1. The van der Waals surface area contributed by atoms with Gasteiger partial charge < -0.3 is 24.6 Å². The number of methoxy groups -OCH3 is 2. The maximum absolute atomic E-state index is 14.7. The van der Waals surface area contributed by atoms with Crippen LogP contribution in [0.5, 0.6) is 5.75 Å². The third-order valence-corrected chi connectivity index (χ3v) is 9.59. The summed E-state index contributed by atoms with van der Waals surface area (Å²) in [5, 5.41) is 3.76. The summed E-state index contributed by atoms with van der Waals surface area (Å²) in [5.41, 5.74) is 2.22. The minimum Gasteiger partial charge on any atom is -0.496 e. The monoisotopic (exact) mass is 642 g/mol. The molecule has 1 aromatic heterocycles. The minimum atomic E-state index is -2.94. The third kappa shape index (κ3) is 7.32. The van der Waals surface area contributed by atoms with Crippen LogP contribution in [0.1, 0.15) is 90.0 Å². The van der Waals surface area contributed by atoms with E-state index in [1.54, 1.807) is 18.2 Å². The number of likely N-dealkylation sites (tertiary alicyclic amines) is 1. The van der Waals surface area contributed by atoms with Gasteiger partial charge in [-0.05, 0) is 41.4 Å². The molecule has 4 rings (SSSR count). The Labute approximate surface area is 273 Å². The molecular weight excluding hydrogens is 590 g/mol. The van der Waals surface area contributed by atoms with Crippen molar-refractivity contribution in [2.75, 3.05) is 33.2 Å². The van der Waals surface area contributed by atoms with Gasteiger partial charge in [0.2, 0.25) is 11.8 Å². The number of hydrogen-bond donors (Lipinski definition) is 1. The van der Waals surface area contributed by atoms with E-state index in [4.69, 9.17) is 9.47 Å². The van der Waals surface area contributed by atoms with Crippen LogP contribution in [-0.2, 0) is 26.3 Å². The van der Waals surface area contributed by atoms with Crippen LogP contribution in [0.2, 0.25) is 0 Å². The Balaban J connectivity index is 1.92. The van der Waals surface area contributed by atoms with E-state index in [0.29, 0.717) is 18.8 Å². The minimum absolute atomic E-state index is 0.0948. The van der Waals surface area contributed by atoms with Gasteiger partial charge >= 0.3 is 5.97 Å². The van der Waals surface area contributed by atoms with Gasteiger partial charge in [-0.15, -0.1) is 0 Å². The van der Waals surface area contributed by atoms with Crippen LogP contribution in [0.25, 0.3) is 0 Å². The molecule has 46 heavy (non-hydrogen) atoms. The summed E-state index contributed by atoms with van der Waals surface area (Å²) in [6.45, 7) is 13.0. The van der Waals surface area contributed by atoms with Gasteiger partial charge in [0.1, 0.15) is 17.6 Å². The van der Waals surface area contributed by atoms with Crippen LogP contribution in [0.15, 0.2) is 36.5 Å². The summed E-state index contributed by atoms with van der Waals surface area (Å²) in [4.78, 5) is 36.6. The van der Waals surface area contributed by atoms with E-state index < -0.39 is 59.6 Å². The summed E-state index contributed by atoms with van der Waals surface area (Å²) in [7, 11) is 6.70. The molecule has 0 spiro atoms. The molecule has 1 saturated heterocycles. The molecule has 1 amide bonds. The van der Waals surface area contributed by atoms with Crippen LogP contribution in [0, 0.1) is 17.3 Å². The number of halogens is 2. The fourth-order valence-electron chi connectivity index (χ4n) is 7.38. The highest BCUT2D eigenvalue weighted by molar-refractivity contribution is 5.88. The van der Waals surface area contributed by atoms with Gasteiger partial charge in [-0.3, -0.25) is 4.79 Å². The fourth-order valence-corrected chi connectivity index (χ4v) is 7.38. The topological polar surface area (TPSA) is 84.0 Å². The maximum Gasteiger partial charge on any atom is 0.328 e. The van der Waals surface area contributed by atoms with Crippen molar-refractivity contribution in [1.82, 2.24) is 15.2 Å². The normalized spacial score (nSPS) is 24.9. The molecule has 2 fully saturated rings. The first-order valence-corrected chi connectivity index (χ1v) is 16.2. The average molecular weight is 643 g/mol. The number of pyridine rings is 1. The predicted molar refractivity (Wildman–Crippen MR) is 176 cm³/mol.